The molecule has 204 valence electrons. The van der Waals surface area contributed by atoms with Gasteiger partial charge in [0.1, 0.15) is 16.5 Å². The van der Waals surface area contributed by atoms with Crippen molar-refractivity contribution in [2.24, 2.45) is 11.8 Å². The summed E-state index contributed by atoms with van der Waals surface area (Å²) in [4.78, 5) is 16.8. The lowest BCUT2D eigenvalue weighted by Crippen LogP contribution is -2.38. The minimum absolute atomic E-state index is 0. The number of benzene rings is 2. The fourth-order valence-electron chi connectivity index (χ4n) is 4.81. The van der Waals surface area contributed by atoms with Gasteiger partial charge >= 0.3 is 0 Å². The van der Waals surface area contributed by atoms with E-state index in [1.54, 1.807) is 24.5 Å². The van der Waals surface area contributed by atoms with Gasteiger partial charge in [0.2, 0.25) is 15.9 Å². The highest BCUT2D eigenvalue weighted by Gasteiger charge is 2.28. The van der Waals surface area contributed by atoms with E-state index in [-0.39, 0.29) is 53.3 Å². The van der Waals surface area contributed by atoms with E-state index >= 15 is 0 Å². The van der Waals surface area contributed by atoms with Crippen LogP contribution in [-0.2, 0) is 21.2 Å². The molecule has 0 saturated heterocycles. The third kappa shape index (κ3) is 8.06. The van der Waals surface area contributed by atoms with Gasteiger partial charge in [-0.05, 0) is 79.5 Å². The third-order valence-corrected chi connectivity index (χ3v) is 8.43. The standard InChI is InChI=1S/C28H31F2N3O3S.ClH/c29-25-13-11-22(12-14-25)24(16-21-4-3-15-31-17-21)19-32-28(34)23-9-7-20(8-10-23)18-33-37(35,36)27-6-2-1-5-26(27)30;/h1-6,11-15,17,20,23-24,33H,7-10,16,18-19H2,(H,32,34);1H. The van der Waals surface area contributed by atoms with Gasteiger partial charge in [-0.25, -0.2) is 21.9 Å². The summed E-state index contributed by atoms with van der Waals surface area (Å²) in [5, 5.41) is 3.08. The van der Waals surface area contributed by atoms with E-state index in [0.717, 1.165) is 17.2 Å². The second-order valence-electron chi connectivity index (χ2n) is 9.56. The predicted molar refractivity (Wildman–Crippen MR) is 144 cm³/mol. The van der Waals surface area contributed by atoms with Crippen molar-refractivity contribution in [1.29, 1.82) is 0 Å². The zero-order valence-electron chi connectivity index (χ0n) is 20.9. The maximum atomic E-state index is 13.9. The topological polar surface area (TPSA) is 88.2 Å². The number of pyridine rings is 1. The van der Waals surface area contributed by atoms with Gasteiger partial charge in [-0.1, -0.05) is 30.3 Å². The molecule has 1 aliphatic carbocycles. The molecule has 1 aromatic heterocycles. The molecule has 38 heavy (non-hydrogen) atoms. The van der Waals surface area contributed by atoms with Crippen molar-refractivity contribution in [2.45, 2.75) is 42.9 Å². The number of hydrogen-bond acceptors (Lipinski definition) is 4. The van der Waals surface area contributed by atoms with Crippen LogP contribution in [0.5, 0.6) is 0 Å². The zero-order chi connectivity index (χ0) is 26.3. The number of hydrogen-bond donors (Lipinski definition) is 2. The Labute approximate surface area is 228 Å². The van der Waals surface area contributed by atoms with Crippen LogP contribution in [0.4, 0.5) is 8.78 Å². The van der Waals surface area contributed by atoms with Gasteiger partial charge in [0.05, 0.1) is 0 Å². The summed E-state index contributed by atoms with van der Waals surface area (Å²) in [7, 11) is -3.93. The van der Waals surface area contributed by atoms with Crippen molar-refractivity contribution in [3.05, 3.63) is 95.8 Å². The van der Waals surface area contributed by atoms with E-state index in [9.17, 15) is 22.0 Å². The van der Waals surface area contributed by atoms with Crippen LogP contribution in [0.1, 0.15) is 42.7 Å². The number of carbonyl (C=O) groups is 1. The third-order valence-electron chi connectivity index (χ3n) is 6.97. The molecule has 1 aliphatic rings. The van der Waals surface area contributed by atoms with Crippen LogP contribution in [0.2, 0.25) is 0 Å². The van der Waals surface area contributed by atoms with Crippen LogP contribution in [-0.4, -0.2) is 32.4 Å². The first-order valence-electron chi connectivity index (χ1n) is 12.5. The number of nitrogens with zero attached hydrogens (tertiary/aromatic N) is 1. The molecule has 2 N–H and O–H groups in total. The Morgan fingerprint density at radius 3 is 2.34 bits per heavy atom. The Hall–Kier alpha value is -2.88. The van der Waals surface area contributed by atoms with Crippen LogP contribution < -0.4 is 10.0 Å². The average molecular weight is 564 g/mol. The normalized spacial score (nSPS) is 18.3. The van der Waals surface area contributed by atoms with Gasteiger partial charge in [0.25, 0.3) is 0 Å². The fraction of sp³-hybridized carbons (Fsp3) is 0.357. The number of rotatable bonds is 10. The Kier molecular flexibility index (Phi) is 10.8. The average Bonchev–Trinajstić information content (AvgIpc) is 2.91. The molecule has 4 rings (SSSR count). The predicted octanol–water partition coefficient (Wildman–Crippen LogP) is 5.01. The number of nitrogens with one attached hydrogen (secondary N) is 2. The zero-order valence-corrected chi connectivity index (χ0v) is 22.5. The van der Waals surface area contributed by atoms with E-state index in [2.05, 4.69) is 15.0 Å². The van der Waals surface area contributed by atoms with E-state index in [1.165, 1.54) is 30.3 Å². The van der Waals surface area contributed by atoms with Gasteiger partial charge in [-0.2, -0.15) is 0 Å². The SMILES string of the molecule is Cl.O=C(NCC(Cc1cccnc1)c1ccc(F)cc1)C1CCC(CNS(=O)(=O)c2ccccc2F)CC1. The maximum Gasteiger partial charge on any atom is 0.243 e. The van der Waals surface area contributed by atoms with E-state index < -0.39 is 15.8 Å². The van der Waals surface area contributed by atoms with Crippen molar-refractivity contribution in [1.82, 2.24) is 15.0 Å². The van der Waals surface area contributed by atoms with Crippen molar-refractivity contribution in [3.63, 3.8) is 0 Å². The van der Waals surface area contributed by atoms with Crippen LogP contribution in [0.3, 0.4) is 0 Å². The lowest BCUT2D eigenvalue weighted by molar-refractivity contribution is -0.126. The Bertz CT molecular complexity index is 1290. The van der Waals surface area contributed by atoms with Gasteiger partial charge < -0.3 is 5.32 Å². The first-order valence-corrected chi connectivity index (χ1v) is 14.0. The highest BCUT2D eigenvalue weighted by Crippen LogP contribution is 2.29. The molecule has 1 atom stereocenters. The first-order chi connectivity index (χ1) is 17.8. The molecule has 1 heterocycles. The van der Waals surface area contributed by atoms with Crippen LogP contribution in [0.15, 0.2) is 78.0 Å². The molecule has 1 fully saturated rings. The van der Waals surface area contributed by atoms with Crippen molar-refractivity contribution >= 4 is 28.3 Å². The second kappa shape index (κ2) is 13.8. The fourth-order valence-corrected chi connectivity index (χ4v) is 6.00. The summed E-state index contributed by atoms with van der Waals surface area (Å²) in [5.74, 6) is -1.20. The number of aromatic nitrogens is 1. The van der Waals surface area contributed by atoms with Crippen molar-refractivity contribution < 1.29 is 22.0 Å². The first kappa shape index (κ1) is 29.7. The summed E-state index contributed by atoms with van der Waals surface area (Å²) in [6.45, 7) is 0.629. The molecular formula is C28H32ClF2N3O3S. The number of halogens is 3. The second-order valence-corrected chi connectivity index (χ2v) is 11.3. The summed E-state index contributed by atoms with van der Waals surface area (Å²) in [6, 6.07) is 15.5. The van der Waals surface area contributed by atoms with Crippen LogP contribution in [0, 0.1) is 23.5 Å². The van der Waals surface area contributed by atoms with Crippen molar-refractivity contribution in [3.8, 4) is 0 Å². The number of amides is 1. The molecule has 6 nitrogen and oxygen atoms in total. The summed E-state index contributed by atoms with van der Waals surface area (Å²) in [5.41, 5.74) is 1.97. The highest BCUT2D eigenvalue weighted by molar-refractivity contribution is 7.89. The largest absolute Gasteiger partial charge is 0.355 e. The summed E-state index contributed by atoms with van der Waals surface area (Å²) < 4.78 is 54.7. The minimum Gasteiger partial charge on any atom is -0.355 e. The van der Waals surface area contributed by atoms with Gasteiger partial charge in [-0.15, -0.1) is 12.4 Å². The summed E-state index contributed by atoms with van der Waals surface area (Å²) in [6.07, 6.45) is 6.88. The highest BCUT2D eigenvalue weighted by atomic mass is 35.5. The molecule has 1 amide bonds. The molecule has 10 heteroatoms. The lowest BCUT2D eigenvalue weighted by atomic mass is 9.81. The molecule has 0 radical (unpaired) electrons. The van der Waals surface area contributed by atoms with Crippen LogP contribution in [0.25, 0.3) is 0 Å². The van der Waals surface area contributed by atoms with E-state index in [1.807, 2.05) is 12.1 Å². The molecule has 2 aromatic carbocycles. The van der Waals surface area contributed by atoms with Gasteiger partial charge in [0, 0.05) is 37.3 Å². The van der Waals surface area contributed by atoms with E-state index in [4.69, 9.17) is 0 Å². The molecule has 1 saturated carbocycles. The Morgan fingerprint density at radius 1 is 0.974 bits per heavy atom. The monoisotopic (exact) mass is 563 g/mol. The molecule has 0 spiro atoms. The summed E-state index contributed by atoms with van der Waals surface area (Å²) >= 11 is 0. The minimum atomic E-state index is -3.93. The number of sulfonamides is 1. The van der Waals surface area contributed by atoms with Crippen LogP contribution >= 0.6 is 12.4 Å². The Balaban J connectivity index is 0.00000400. The Morgan fingerprint density at radius 2 is 1.68 bits per heavy atom. The van der Waals surface area contributed by atoms with Gasteiger partial charge in [-0.3, -0.25) is 9.78 Å². The molecule has 3 aromatic rings. The van der Waals surface area contributed by atoms with E-state index in [0.29, 0.717) is 38.6 Å². The molecular weight excluding hydrogens is 532 g/mol. The molecule has 0 bridgehead atoms. The quantitative estimate of drug-likeness (QED) is 0.363. The van der Waals surface area contributed by atoms with Gasteiger partial charge in [0.15, 0.2) is 0 Å². The lowest BCUT2D eigenvalue weighted by Gasteiger charge is -2.28. The molecule has 0 aliphatic heterocycles. The van der Waals surface area contributed by atoms with Crippen molar-refractivity contribution in [2.75, 3.05) is 13.1 Å². The molecule has 1 unspecified atom stereocenters. The smallest absolute Gasteiger partial charge is 0.243 e. The maximum absolute atomic E-state index is 13.9. The number of carbonyl (C=O) groups excluding carboxylic acids is 1.